The molecule has 8 aliphatic heterocycles. The van der Waals surface area contributed by atoms with Crippen LogP contribution in [0.15, 0.2) is 243 Å². The Morgan fingerprint density at radius 3 is 0.817 bits per heavy atom. The van der Waals surface area contributed by atoms with Crippen LogP contribution in [0.4, 0.5) is 0 Å². The Morgan fingerprint density at radius 1 is 0.296 bits per heavy atom. The second-order valence-electron chi connectivity index (χ2n) is 34.7. The lowest BCUT2D eigenvalue weighted by atomic mass is 9.88. The Bertz CT molecular complexity index is 4350. The third-order valence-corrected chi connectivity index (χ3v) is 85.8. The van der Waals surface area contributed by atoms with Gasteiger partial charge in [-0.1, -0.05) is 243 Å². The van der Waals surface area contributed by atoms with E-state index in [2.05, 4.69) is 58.9 Å². The van der Waals surface area contributed by atoms with Gasteiger partial charge in [0, 0.05) is 54.6 Å². The summed E-state index contributed by atoms with van der Waals surface area (Å²) in [6.07, 6.45) is 9.53. The average molecular weight is 1830 g/mol. The fourth-order valence-electron chi connectivity index (χ4n) is 17.3. The van der Waals surface area contributed by atoms with Gasteiger partial charge in [-0.05, 0) is 147 Å². The largest absolute Gasteiger partial charge is 0.515 e. The van der Waals surface area contributed by atoms with Crippen molar-refractivity contribution in [2.75, 3.05) is 0 Å². The summed E-state index contributed by atoms with van der Waals surface area (Å²) in [7, 11) is -71.8. The van der Waals surface area contributed by atoms with Crippen LogP contribution in [0.2, 0.25) is 97.2 Å². The lowest BCUT2D eigenvalue weighted by Gasteiger charge is -2.60. The number of benzene rings is 8. The molecule has 0 spiro atoms. The molecule has 8 bridgehead atoms. The highest BCUT2D eigenvalue weighted by Gasteiger charge is 2.85. The normalized spacial score (nSPS) is 35.3. The van der Waals surface area contributed by atoms with Crippen molar-refractivity contribution >= 4 is 181 Å². The summed E-state index contributed by atoms with van der Waals surface area (Å²) in [5, 5.41) is 3.48. The minimum absolute atomic E-state index is 0.309. The molecular formula is C77H106O22Si16. The SMILES string of the molecule is C[Si](C)(C)O[SiH](CCC1CCC2OC2C1)O[Si](C)(C)O[Si]1(C)O[Si]2(c3ccccc3)O[Si]3(c4ccccc4)O[Si]4(c5ccccc5)O[Si](C)(O[Si](C)(C)O[Si](C)(CCC5CCC6OC6C5)O[Si](C)(C)C)O[Si]5(c6ccccc6)O[Si](c6ccccc6)(O[Si](c6ccccc6)(O1)O[Si](c1ccccc1)(O5)O[Si](c1ccccc1)(O2)O4)O3. The molecule has 0 amide bonds. The van der Waals surface area contributed by atoms with Crippen molar-refractivity contribution in [3.63, 3.8) is 0 Å². The van der Waals surface area contributed by atoms with Gasteiger partial charge in [-0.15, -0.1) is 0 Å². The molecule has 0 aromatic heterocycles. The van der Waals surface area contributed by atoms with Crippen LogP contribution in [-0.4, -0.2) is 164 Å². The Labute approximate surface area is 694 Å². The molecule has 8 heterocycles. The molecule has 610 valence electrons. The van der Waals surface area contributed by atoms with E-state index in [4.69, 9.17) is 91.8 Å². The average Bonchev–Trinajstić information content (AvgIpc) is 1.09. The van der Waals surface area contributed by atoms with Gasteiger partial charge in [0.1, 0.15) is 0 Å². The minimum atomic E-state index is -5.51. The van der Waals surface area contributed by atoms with Gasteiger partial charge in [-0.2, -0.15) is 0 Å². The van der Waals surface area contributed by atoms with E-state index in [-0.39, 0.29) is 0 Å². The van der Waals surface area contributed by atoms with Crippen molar-refractivity contribution in [3.05, 3.63) is 243 Å². The molecule has 18 rings (SSSR count). The zero-order valence-corrected chi connectivity index (χ0v) is 83.8. The molecule has 12 atom stereocenters. The van der Waals surface area contributed by atoms with Crippen molar-refractivity contribution < 1.29 is 91.8 Å². The van der Waals surface area contributed by atoms with E-state index in [0.29, 0.717) is 83.8 Å². The highest BCUT2D eigenvalue weighted by atomic mass is 28.6. The Morgan fingerprint density at radius 2 is 0.557 bits per heavy atom. The van der Waals surface area contributed by atoms with Crippen LogP contribution in [-0.2, 0) is 91.8 Å². The summed E-state index contributed by atoms with van der Waals surface area (Å²) < 4.78 is 182. The molecule has 38 heteroatoms. The number of ether oxygens (including phenoxy) is 2. The molecule has 12 unspecified atom stereocenters. The lowest BCUT2D eigenvalue weighted by Crippen LogP contribution is -2.93. The second-order valence-corrected chi connectivity index (χ2v) is 86.5. The van der Waals surface area contributed by atoms with Crippen LogP contribution in [0.25, 0.3) is 0 Å². The van der Waals surface area contributed by atoms with Crippen molar-refractivity contribution in [1.82, 2.24) is 0 Å². The maximum atomic E-state index is 8.88. The highest BCUT2D eigenvalue weighted by molar-refractivity contribution is 7.13. The summed E-state index contributed by atoms with van der Waals surface area (Å²) in [6.45, 7) is 27.5. The first-order valence-electron chi connectivity index (χ1n) is 40.5. The molecule has 22 nitrogen and oxygen atoms in total. The fraction of sp³-hybridized carbons (Fsp3) is 0.377. The highest BCUT2D eigenvalue weighted by Crippen LogP contribution is 2.50. The quantitative estimate of drug-likeness (QED) is 0.0364. The molecule has 2 aliphatic carbocycles. The third kappa shape index (κ3) is 18.1. The molecule has 8 aromatic rings. The first-order valence-corrected chi connectivity index (χ1v) is 75.4. The standard InChI is InChI=1S/C77H106O22Si16/c1-101(2,3)80-100(60-58-64-54-56-74-76(62-64)78-74)81-103(7,8)84-106(12)86-108(66-38-22-14-23-39-66)90-112(70-46-30-18-31-47-70)94-110(68-42-26-16-27-43-68)88-107(13,85-104(9,10)83-105(11,82-102(4,5)6)61-59-65-55-57-75-77(63-65)79-75)89-111(69-44-28-17-29-45-69)96-114(98-112,72-50-34-20-35-51-72)92-109(87-106,67-40-24-15-25-41-67)93-115(97-111,73-52-36-21-37-53-73)99-113(91-108,95-110)71-48-32-19-33-49-71/h14-53,64-65,74-77,100H,54-63H2,1-13H3. The minimum Gasteiger partial charge on any atom is -0.439 e. The molecule has 0 radical (unpaired) electrons. The number of fused-ring (bicyclic) bond motifs is 6. The Kier molecular flexibility index (Phi) is 23.2. The Hall–Kier alpha value is -3.65. The molecule has 8 saturated heterocycles. The smallest absolute Gasteiger partial charge is 0.439 e. The second kappa shape index (κ2) is 31.9. The number of hydrogen-bond acceptors (Lipinski definition) is 22. The molecule has 8 aromatic carbocycles. The first kappa shape index (κ1) is 83.6. The van der Waals surface area contributed by atoms with E-state index in [1.807, 2.05) is 269 Å². The summed E-state index contributed by atoms with van der Waals surface area (Å²) in [5.74, 6) is 0.917. The van der Waals surface area contributed by atoms with Gasteiger partial charge in [0.15, 0.2) is 16.6 Å². The lowest BCUT2D eigenvalue weighted by molar-refractivity contribution is 0.0132. The van der Waals surface area contributed by atoms with E-state index in [9.17, 15) is 0 Å². The predicted octanol–water partition coefficient (Wildman–Crippen LogP) is 10.6. The first-order chi connectivity index (χ1) is 54.7. The molecule has 10 fully saturated rings. The van der Waals surface area contributed by atoms with Crippen molar-refractivity contribution in [2.24, 2.45) is 11.8 Å². The fourth-order valence-corrected chi connectivity index (χ4v) is 99.6. The predicted molar refractivity (Wildman–Crippen MR) is 471 cm³/mol. The summed E-state index contributed by atoms with van der Waals surface area (Å²) in [5.41, 5.74) is 0. The van der Waals surface area contributed by atoms with Crippen LogP contribution in [0.1, 0.15) is 51.4 Å². The van der Waals surface area contributed by atoms with Gasteiger partial charge in [0.05, 0.1) is 24.4 Å². The maximum absolute atomic E-state index is 8.88. The van der Waals surface area contributed by atoms with Gasteiger partial charge in [-0.3, -0.25) is 0 Å². The van der Waals surface area contributed by atoms with Crippen molar-refractivity contribution in [1.29, 1.82) is 0 Å². The van der Waals surface area contributed by atoms with Crippen LogP contribution in [0.3, 0.4) is 0 Å². The van der Waals surface area contributed by atoms with Crippen LogP contribution >= 0.6 is 0 Å². The van der Waals surface area contributed by atoms with Crippen LogP contribution in [0, 0.1) is 11.8 Å². The maximum Gasteiger partial charge on any atom is 0.515 e. The number of epoxide rings is 2. The zero-order valence-electron chi connectivity index (χ0n) is 67.7. The zero-order chi connectivity index (χ0) is 80.1. The van der Waals surface area contributed by atoms with Gasteiger partial charge < -0.3 is 91.8 Å². The van der Waals surface area contributed by atoms with Gasteiger partial charge in [-0.25, -0.2) is 0 Å². The van der Waals surface area contributed by atoms with E-state index < -0.39 is 140 Å². The molecule has 10 aliphatic rings. The van der Waals surface area contributed by atoms with Crippen molar-refractivity contribution in [3.8, 4) is 0 Å². The third-order valence-electron chi connectivity index (χ3n) is 21.8. The van der Waals surface area contributed by atoms with Crippen molar-refractivity contribution in [2.45, 2.75) is 173 Å². The van der Waals surface area contributed by atoms with Crippen LogP contribution < -0.4 is 41.5 Å². The van der Waals surface area contributed by atoms with E-state index >= 15 is 0 Å². The van der Waals surface area contributed by atoms with E-state index in [1.165, 1.54) is 0 Å². The van der Waals surface area contributed by atoms with Gasteiger partial charge in [0.25, 0.3) is 0 Å². The molecular weight excluding hydrogens is 1730 g/mol. The summed E-state index contributed by atoms with van der Waals surface area (Å²) >= 11 is 0. The monoisotopic (exact) mass is 1830 g/mol. The molecule has 0 N–H and O–H groups in total. The molecule has 115 heavy (non-hydrogen) atoms. The number of hydrogen-bond donors (Lipinski definition) is 0. The topological polar surface area (TPSA) is 210 Å². The summed E-state index contributed by atoms with van der Waals surface area (Å²) in [6, 6.07) is 78.9. The van der Waals surface area contributed by atoms with Gasteiger partial charge >= 0.3 is 123 Å². The summed E-state index contributed by atoms with van der Waals surface area (Å²) in [4.78, 5) is 0. The van der Waals surface area contributed by atoms with E-state index in [1.54, 1.807) is 0 Å². The van der Waals surface area contributed by atoms with Gasteiger partial charge in [0.2, 0.25) is 0 Å². The molecule has 2 saturated carbocycles. The number of rotatable bonds is 26. The van der Waals surface area contributed by atoms with E-state index in [0.717, 1.165) is 57.4 Å². The van der Waals surface area contributed by atoms with Crippen LogP contribution in [0.5, 0.6) is 0 Å². The Balaban J connectivity index is 0.982.